The van der Waals surface area contributed by atoms with Gasteiger partial charge in [0.1, 0.15) is 0 Å². The molecule has 0 spiro atoms. The number of methoxy groups -OCH3 is 1. The number of fused-ring (bicyclic) bond motifs is 3. The summed E-state index contributed by atoms with van der Waals surface area (Å²) in [7, 11) is 1.29. The predicted octanol–water partition coefficient (Wildman–Crippen LogP) is 1.35. The predicted molar refractivity (Wildman–Crippen MR) is 103 cm³/mol. The molecule has 9 heteroatoms. The highest BCUT2D eigenvalue weighted by Crippen LogP contribution is 2.46. The molecule has 1 amide bonds. The Bertz CT molecular complexity index is 952. The standard InChI is InChI=1S/C21H23NO8/c1-10-16-14-8-6-7-9-15(14)20(26)22-17(16)18(28-11(2)23)19(29-12(3)24)21(10,27-5)30-13(4)25/h6-9,17-19H,1-5H3,(H,22,26). The van der Waals surface area contributed by atoms with Crippen LogP contribution in [0.2, 0.25) is 0 Å². The van der Waals surface area contributed by atoms with Gasteiger partial charge in [0.05, 0.1) is 6.04 Å². The van der Waals surface area contributed by atoms with E-state index in [9.17, 15) is 19.2 Å². The van der Waals surface area contributed by atoms with E-state index in [0.717, 1.165) is 0 Å². The molecule has 0 saturated heterocycles. The van der Waals surface area contributed by atoms with E-state index in [1.165, 1.54) is 27.9 Å². The first kappa shape index (κ1) is 21.5. The van der Waals surface area contributed by atoms with Gasteiger partial charge in [-0.2, -0.15) is 0 Å². The van der Waals surface area contributed by atoms with E-state index in [1.807, 2.05) is 0 Å². The average molecular weight is 417 g/mol. The molecule has 1 aromatic rings. The molecule has 0 radical (unpaired) electrons. The van der Waals surface area contributed by atoms with Crippen LogP contribution in [0.3, 0.4) is 0 Å². The molecular weight excluding hydrogens is 394 g/mol. The number of esters is 3. The van der Waals surface area contributed by atoms with Gasteiger partial charge in [0.15, 0.2) is 6.10 Å². The molecule has 0 saturated carbocycles. The third kappa shape index (κ3) is 3.45. The molecular formula is C21H23NO8. The summed E-state index contributed by atoms with van der Waals surface area (Å²) in [5.41, 5.74) is 1.95. The highest BCUT2D eigenvalue weighted by Gasteiger charge is 2.61. The minimum Gasteiger partial charge on any atom is -0.456 e. The number of carbonyl (C=O) groups is 4. The fourth-order valence-corrected chi connectivity index (χ4v) is 4.15. The topological polar surface area (TPSA) is 117 Å². The van der Waals surface area contributed by atoms with Crippen LogP contribution in [0.4, 0.5) is 0 Å². The van der Waals surface area contributed by atoms with Crippen LogP contribution in [0.1, 0.15) is 43.6 Å². The van der Waals surface area contributed by atoms with Gasteiger partial charge in [-0.15, -0.1) is 0 Å². The van der Waals surface area contributed by atoms with Crippen molar-refractivity contribution in [2.24, 2.45) is 0 Å². The first-order valence-electron chi connectivity index (χ1n) is 9.33. The van der Waals surface area contributed by atoms with E-state index in [-0.39, 0.29) is 5.91 Å². The summed E-state index contributed by atoms with van der Waals surface area (Å²) in [4.78, 5) is 48.5. The van der Waals surface area contributed by atoms with Crippen molar-refractivity contribution in [3.63, 3.8) is 0 Å². The fourth-order valence-electron chi connectivity index (χ4n) is 4.15. The highest BCUT2D eigenvalue weighted by atomic mass is 16.7. The molecule has 0 fully saturated rings. The van der Waals surface area contributed by atoms with Crippen molar-refractivity contribution in [3.8, 4) is 0 Å². The number of amides is 1. The second-order valence-electron chi connectivity index (χ2n) is 7.10. The maximum atomic E-state index is 12.7. The molecule has 1 N–H and O–H groups in total. The maximum absolute atomic E-state index is 12.7. The van der Waals surface area contributed by atoms with Crippen molar-refractivity contribution in [1.29, 1.82) is 0 Å². The van der Waals surface area contributed by atoms with Crippen molar-refractivity contribution >= 4 is 29.4 Å². The molecule has 0 bridgehead atoms. The van der Waals surface area contributed by atoms with Crippen molar-refractivity contribution in [1.82, 2.24) is 5.32 Å². The molecule has 3 rings (SSSR count). The smallest absolute Gasteiger partial charge is 0.305 e. The lowest BCUT2D eigenvalue weighted by atomic mass is 9.74. The van der Waals surface area contributed by atoms with Gasteiger partial charge in [-0.25, -0.2) is 0 Å². The van der Waals surface area contributed by atoms with Gasteiger partial charge in [0.25, 0.3) is 11.7 Å². The Morgan fingerprint density at radius 3 is 2.10 bits per heavy atom. The monoisotopic (exact) mass is 417 g/mol. The van der Waals surface area contributed by atoms with Crippen LogP contribution in [0.5, 0.6) is 0 Å². The Hall–Kier alpha value is -3.20. The minimum atomic E-state index is -1.86. The first-order chi connectivity index (χ1) is 14.1. The zero-order chi connectivity index (χ0) is 22.2. The summed E-state index contributed by atoms with van der Waals surface area (Å²) in [6.45, 7) is 5.20. The minimum absolute atomic E-state index is 0.372. The van der Waals surface area contributed by atoms with Gasteiger partial charge in [0.2, 0.25) is 6.10 Å². The van der Waals surface area contributed by atoms with E-state index in [4.69, 9.17) is 18.9 Å². The van der Waals surface area contributed by atoms with E-state index < -0.39 is 41.9 Å². The van der Waals surface area contributed by atoms with Crippen molar-refractivity contribution in [3.05, 3.63) is 41.0 Å². The third-order valence-corrected chi connectivity index (χ3v) is 5.18. The van der Waals surface area contributed by atoms with Crippen LogP contribution >= 0.6 is 0 Å². The van der Waals surface area contributed by atoms with E-state index in [0.29, 0.717) is 22.3 Å². The van der Waals surface area contributed by atoms with Crippen LogP contribution in [-0.2, 0) is 33.3 Å². The Morgan fingerprint density at radius 1 is 0.967 bits per heavy atom. The molecule has 9 nitrogen and oxygen atoms in total. The van der Waals surface area contributed by atoms with Gasteiger partial charge >= 0.3 is 17.9 Å². The van der Waals surface area contributed by atoms with Gasteiger partial charge in [-0.3, -0.25) is 19.2 Å². The Morgan fingerprint density at radius 2 is 1.57 bits per heavy atom. The highest BCUT2D eigenvalue weighted by molar-refractivity contribution is 6.04. The lowest BCUT2D eigenvalue weighted by molar-refractivity contribution is -0.266. The molecule has 1 heterocycles. The van der Waals surface area contributed by atoms with Crippen molar-refractivity contribution in [2.75, 3.05) is 7.11 Å². The molecule has 2 aliphatic rings. The van der Waals surface area contributed by atoms with Crippen molar-refractivity contribution < 1.29 is 38.1 Å². The van der Waals surface area contributed by atoms with Gasteiger partial charge in [-0.1, -0.05) is 18.2 Å². The molecule has 1 aliphatic carbocycles. The van der Waals surface area contributed by atoms with Crippen LogP contribution in [0.25, 0.3) is 5.57 Å². The summed E-state index contributed by atoms with van der Waals surface area (Å²) in [6.07, 6.45) is -2.56. The molecule has 4 atom stereocenters. The van der Waals surface area contributed by atoms with Crippen molar-refractivity contribution in [2.45, 2.75) is 51.7 Å². The third-order valence-electron chi connectivity index (χ3n) is 5.18. The van der Waals surface area contributed by atoms with E-state index in [1.54, 1.807) is 31.2 Å². The Kier molecular flexibility index (Phi) is 5.67. The summed E-state index contributed by atoms with van der Waals surface area (Å²) in [5.74, 6) is -4.30. The number of hydrogen-bond donors (Lipinski definition) is 1. The lowest BCUT2D eigenvalue weighted by Gasteiger charge is -2.49. The van der Waals surface area contributed by atoms with Gasteiger partial charge < -0.3 is 24.3 Å². The number of carbonyl (C=O) groups excluding carboxylic acids is 4. The Labute approximate surface area is 173 Å². The zero-order valence-electron chi connectivity index (χ0n) is 17.3. The number of hydrogen-bond acceptors (Lipinski definition) is 8. The number of rotatable bonds is 4. The lowest BCUT2D eigenvalue weighted by Crippen LogP contribution is -2.67. The van der Waals surface area contributed by atoms with Crippen LogP contribution < -0.4 is 5.32 Å². The number of nitrogens with one attached hydrogen (secondary N) is 1. The molecule has 160 valence electrons. The number of benzene rings is 1. The van der Waals surface area contributed by atoms with Crippen LogP contribution in [0.15, 0.2) is 29.8 Å². The number of ether oxygens (including phenoxy) is 4. The zero-order valence-corrected chi connectivity index (χ0v) is 17.3. The maximum Gasteiger partial charge on any atom is 0.305 e. The Balaban J connectivity index is 2.34. The first-order valence-corrected chi connectivity index (χ1v) is 9.33. The summed E-state index contributed by atoms with van der Waals surface area (Å²) in [5, 5.41) is 2.82. The second-order valence-corrected chi connectivity index (χ2v) is 7.10. The van der Waals surface area contributed by atoms with E-state index in [2.05, 4.69) is 5.32 Å². The fraction of sp³-hybridized carbons (Fsp3) is 0.429. The van der Waals surface area contributed by atoms with Crippen LogP contribution in [-0.4, -0.2) is 55.0 Å². The second kappa shape index (κ2) is 7.91. The van der Waals surface area contributed by atoms with Gasteiger partial charge in [0, 0.05) is 39.0 Å². The van der Waals surface area contributed by atoms with Gasteiger partial charge in [-0.05, 0) is 24.1 Å². The molecule has 0 aromatic heterocycles. The normalized spacial score (nSPS) is 27.4. The summed E-state index contributed by atoms with van der Waals surface area (Å²) < 4.78 is 22.1. The quantitative estimate of drug-likeness (QED) is 0.443. The average Bonchev–Trinajstić information content (AvgIpc) is 2.67. The largest absolute Gasteiger partial charge is 0.456 e. The van der Waals surface area contributed by atoms with E-state index >= 15 is 0 Å². The summed E-state index contributed by atoms with van der Waals surface area (Å²) >= 11 is 0. The SMILES string of the molecule is COC1(OC(C)=O)C(C)=C2c3ccccc3C(=O)NC2C(OC(C)=O)C1OC(C)=O. The molecule has 30 heavy (non-hydrogen) atoms. The molecule has 1 aromatic carbocycles. The molecule has 4 unspecified atom stereocenters. The van der Waals surface area contributed by atoms with Crippen LogP contribution in [0, 0.1) is 0 Å². The molecule has 1 aliphatic heterocycles. The summed E-state index contributed by atoms with van der Waals surface area (Å²) in [6, 6.07) is 6.03.